The number of halogens is 1. The zero-order chi connectivity index (χ0) is 4.50. The van der Waals surface area contributed by atoms with Crippen molar-refractivity contribution in [2.45, 2.75) is 0 Å². The third kappa shape index (κ3) is 10600. The van der Waals surface area contributed by atoms with Crippen LogP contribution >= 0.6 is 7.26 Å². The van der Waals surface area contributed by atoms with Crippen molar-refractivity contribution in [3.8, 4) is 0 Å². The zero-order valence-electron chi connectivity index (χ0n) is 6.83. The number of hydrogen-bond donors (Lipinski definition) is 0. The Labute approximate surface area is 61.6 Å². The molecule has 0 heterocycles. The molecule has 72 valence electrons. The van der Waals surface area contributed by atoms with Gasteiger partial charge >= 0.3 is 0 Å². The second-order valence-corrected chi connectivity index (χ2v) is 8.05. The summed E-state index contributed by atoms with van der Waals surface area (Å²) in [4.78, 5) is 0. The van der Waals surface area contributed by atoms with Crippen LogP contribution in [0.25, 0.3) is 0 Å². The average Bonchev–Trinajstić information content (AvgIpc) is 0.722. The van der Waals surface area contributed by atoms with Crippen LogP contribution in [0.3, 0.4) is 0 Å². The highest BCUT2D eigenvalue weighted by molar-refractivity contribution is 7.72. The minimum Gasteiger partial charge on any atom is -1.00 e. The molecular formula is C4H20FO4P. The second kappa shape index (κ2) is 16.1. The van der Waals surface area contributed by atoms with Crippen molar-refractivity contribution >= 4 is 7.26 Å². The van der Waals surface area contributed by atoms with E-state index in [4.69, 9.17) is 0 Å². The monoisotopic (exact) mass is 182 g/mol. The average molecular weight is 182 g/mol. The SMILES string of the molecule is C[P+](C)(C)C.O.O.O.O.[F-]. The predicted molar refractivity (Wildman–Crippen MR) is 45.1 cm³/mol. The van der Waals surface area contributed by atoms with Gasteiger partial charge in [-0.3, -0.25) is 0 Å². The maximum Gasteiger partial charge on any atom is 0.0481 e. The Hall–Kier alpha value is 0.200. The first-order valence-electron chi connectivity index (χ1n) is 1.79. The quantitative estimate of drug-likeness (QED) is 0.333. The Morgan fingerprint density at radius 1 is 0.600 bits per heavy atom. The van der Waals surface area contributed by atoms with Gasteiger partial charge in [0, 0.05) is 33.9 Å². The van der Waals surface area contributed by atoms with Crippen LogP contribution in [-0.4, -0.2) is 48.6 Å². The molecule has 0 rings (SSSR count). The van der Waals surface area contributed by atoms with Crippen molar-refractivity contribution in [3.05, 3.63) is 0 Å². The van der Waals surface area contributed by atoms with Crippen molar-refractivity contribution in [1.29, 1.82) is 0 Å². The van der Waals surface area contributed by atoms with Gasteiger partial charge in [0.15, 0.2) is 0 Å². The molecular weight excluding hydrogens is 162 g/mol. The summed E-state index contributed by atoms with van der Waals surface area (Å²) in [6.07, 6.45) is 0. The molecule has 0 aromatic rings. The molecule has 0 atom stereocenters. The van der Waals surface area contributed by atoms with Gasteiger partial charge in [-0.1, -0.05) is 0 Å². The fourth-order valence-electron chi connectivity index (χ4n) is 0. The minimum absolute atomic E-state index is 0. The van der Waals surface area contributed by atoms with Crippen LogP contribution in [0.5, 0.6) is 0 Å². The van der Waals surface area contributed by atoms with Crippen LogP contribution in [0.1, 0.15) is 0 Å². The van der Waals surface area contributed by atoms with Crippen LogP contribution < -0.4 is 4.70 Å². The molecule has 0 amide bonds. The van der Waals surface area contributed by atoms with Crippen LogP contribution in [-0.2, 0) is 0 Å². The van der Waals surface area contributed by atoms with Crippen molar-refractivity contribution < 1.29 is 26.6 Å². The van der Waals surface area contributed by atoms with Crippen LogP contribution in [0.4, 0.5) is 0 Å². The minimum atomic E-state index is -0.389. The molecule has 0 radical (unpaired) electrons. The highest BCUT2D eigenvalue weighted by atomic mass is 31.2. The van der Waals surface area contributed by atoms with Gasteiger partial charge in [0.1, 0.15) is 0 Å². The largest absolute Gasteiger partial charge is 1.00 e. The molecule has 0 aromatic heterocycles. The molecule has 0 aliphatic rings. The van der Waals surface area contributed by atoms with Crippen molar-refractivity contribution in [1.82, 2.24) is 0 Å². The van der Waals surface area contributed by atoms with E-state index in [-0.39, 0.29) is 33.9 Å². The zero-order valence-corrected chi connectivity index (χ0v) is 7.72. The van der Waals surface area contributed by atoms with Crippen molar-refractivity contribution in [2.24, 2.45) is 0 Å². The summed E-state index contributed by atoms with van der Waals surface area (Å²) in [5, 5.41) is 0. The fourth-order valence-corrected chi connectivity index (χ4v) is 0. The molecule has 0 fully saturated rings. The first-order valence-corrected chi connectivity index (χ1v) is 5.37. The van der Waals surface area contributed by atoms with Crippen LogP contribution in [0, 0.1) is 0 Å². The van der Waals surface area contributed by atoms with Gasteiger partial charge in [-0.15, -0.1) is 0 Å². The second-order valence-electron chi connectivity index (χ2n) is 2.68. The Morgan fingerprint density at radius 2 is 0.600 bits per heavy atom. The van der Waals surface area contributed by atoms with Gasteiger partial charge in [-0.25, -0.2) is 0 Å². The summed E-state index contributed by atoms with van der Waals surface area (Å²) in [5.74, 6) is 0. The topological polar surface area (TPSA) is 126 Å². The van der Waals surface area contributed by atoms with E-state index in [0.29, 0.717) is 0 Å². The van der Waals surface area contributed by atoms with E-state index in [1.165, 1.54) is 0 Å². The van der Waals surface area contributed by atoms with E-state index in [9.17, 15) is 0 Å². The van der Waals surface area contributed by atoms with Crippen LogP contribution in [0.2, 0.25) is 0 Å². The summed E-state index contributed by atoms with van der Waals surface area (Å²) >= 11 is 0. The molecule has 8 N–H and O–H groups in total. The van der Waals surface area contributed by atoms with E-state index in [2.05, 4.69) is 26.7 Å². The summed E-state index contributed by atoms with van der Waals surface area (Å²) < 4.78 is 0. The van der Waals surface area contributed by atoms with E-state index in [1.807, 2.05) is 0 Å². The molecule has 0 spiro atoms. The molecule has 0 unspecified atom stereocenters. The molecule has 0 aromatic carbocycles. The van der Waals surface area contributed by atoms with E-state index in [0.717, 1.165) is 0 Å². The Morgan fingerprint density at radius 3 is 0.600 bits per heavy atom. The molecule has 0 aliphatic heterocycles. The molecule has 4 nitrogen and oxygen atoms in total. The summed E-state index contributed by atoms with van der Waals surface area (Å²) in [6, 6.07) is 0. The number of hydrogen-bond acceptors (Lipinski definition) is 0. The molecule has 10 heavy (non-hydrogen) atoms. The van der Waals surface area contributed by atoms with Gasteiger partial charge < -0.3 is 26.6 Å². The predicted octanol–water partition coefficient (Wildman–Crippen LogP) is -4.77. The van der Waals surface area contributed by atoms with E-state index < -0.39 is 0 Å². The molecule has 0 saturated carbocycles. The van der Waals surface area contributed by atoms with Gasteiger partial charge in [-0.05, 0) is 0 Å². The Bertz CT molecular complexity index is 32.7. The van der Waals surface area contributed by atoms with Gasteiger partial charge in [0.2, 0.25) is 0 Å². The van der Waals surface area contributed by atoms with E-state index in [1.54, 1.807) is 0 Å². The smallest absolute Gasteiger partial charge is 0.0481 e. The number of rotatable bonds is 0. The highest BCUT2D eigenvalue weighted by Gasteiger charge is 2.03. The van der Waals surface area contributed by atoms with Crippen molar-refractivity contribution in [3.63, 3.8) is 0 Å². The lowest BCUT2D eigenvalue weighted by Gasteiger charge is -1.97. The summed E-state index contributed by atoms with van der Waals surface area (Å²) in [7, 11) is -0.389. The molecule has 0 aliphatic carbocycles. The summed E-state index contributed by atoms with van der Waals surface area (Å²) in [5.41, 5.74) is 0. The molecule has 6 heteroatoms. The van der Waals surface area contributed by atoms with E-state index >= 15 is 0 Å². The van der Waals surface area contributed by atoms with Gasteiger partial charge in [-0.2, -0.15) is 0 Å². The maximum absolute atomic E-state index is 2.30. The lowest BCUT2D eigenvalue weighted by atomic mass is 11.8. The van der Waals surface area contributed by atoms with Gasteiger partial charge in [0.05, 0.1) is 0 Å². The third-order valence-corrected chi connectivity index (χ3v) is 0. The summed E-state index contributed by atoms with van der Waals surface area (Å²) in [6.45, 7) is 9.19. The maximum atomic E-state index is 2.30. The van der Waals surface area contributed by atoms with Crippen molar-refractivity contribution in [2.75, 3.05) is 26.7 Å². The Kier molecular flexibility index (Phi) is 78.8. The van der Waals surface area contributed by atoms with Gasteiger partial charge in [0.25, 0.3) is 0 Å². The lowest BCUT2D eigenvalue weighted by Crippen LogP contribution is -3.00. The standard InChI is InChI=1S/C4H12P.FH.4H2O/c1-5(2,3)4;;;;;/h1-4H3;1H;4*1H2/q+1;;;;;/p-1. The highest BCUT2D eigenvalue weighted by Crippen LogP contribution is 2.40. The third-order valence-electron chi connectivity index (χ3n) is 0. The molecule has 0 bridgehead atoms. The molecule has 0 saturated heterocycles. The Balaban J connectivity index is -0.00000000800. The first-order chi connectivity index (χ1) is 2.00. The lowest BCUT2D eigenvalue weighted by molar-refractivity contribution is -0.00000631. The first kappa shape index (κ1) is 48.9. The fraction of sp³-hybridized carbons (Fsp3) is 1.00. The van der Waals surface area contributed by atoms with Crippen LogP contribution in [0.15, 0.2) is 0 Å². The normalized spacial score (nSPS) is 6.00.